The summed E-state index contributed by atoms with van der Waals surface area (Å²) in [4.78, 5) is 12.8. The van der Waals surface area contributed by atoms with Crippen LogP contribution in [0.1, 0.15) is 24.5 Å². The Morgan fingerprint density at radius 1 is 1.47 bits per heavy atom. The van der Waals surface area contributed by atoms with Crippen molar-refractivity contribution in [2.75, 3.05) is 6.54 Å². The van der Waals surface area contributed by atoms with Gasteiger partial charge in [-0.25, -0.2) is 4.79 Å². The highest BCUT2D eigenvalue weighted by atomic mass is 79.9. The van der Waals surface area contributed by atoms with E-state index < -0.39 is 6.09 Å². The molecule has 92 valence electrons. The molecule has 0 saturated heterocycles. The van der Waals surface area contributed by atoms with Crippen LogP contribution in [0.4, 0.5) is 4.79 Å². The molecule has 0 unspecified atom stereocenters. The standard InChI is InChI=1S/C13H16BrNO2/c1-2-5-15(13(16)17)12-7-9-3-4-11(14)6-10(9)8-12/h3-4,6,12H,2,5,7-8H2,1H3,(H,16,17)/t12-/m0/s1. The molecule has 0 aliphatic heterocycles. The number of carbonyl (C=O) groups is 1. The van der Waals surface area contributed by atoms with Crippen molar-refractivity contribution in [3.63, 3.8) is 0 Å². The Morgan fingerprint density at radius 3 is 2.82 bits per heavy atom. The molecule has 1 aromatic carbocycles. The van der Waals surface area contributed by atoms with Crippen LogP contribution in [0.25, 0.3) is 0 Å². The minimum Gasteiger partial charge on any atom is -0.465 e. The smallest absolute Gasteiger partial charge is 0.407 e. The van der Waals surface area contributed by atoms with Gasteiger partial charge in [0, 0.05) is 17.1 Å². The summed E-state index contributed by atoms with van der Waals surface area (Å²) in [6.07, 6.45) is 1.74. The maximum Gasteiger partial charge on any atom is 0.407 e. The number of hydrogen-bond acceptors (Lipinski definition) is 1. The number of hydrogen-bond donors (Lipinski definition) is 1. The van der Waals surface area contributed by atoms with Crippen LogP contribution in [0.15, 0.2) is 22.7 Å². The summed E-state index contributed by atoms with van der Waals surface area (Å²) in [5.74, 6) is 0. The lowest BCUT2D eigenvalue weighted by Crippen LogP contribution is -2.40. The first-order chi connectivity index (χ1) is 8.11. The van der Waals surface area contributed by atoms with E-state index in [1.807, 2.05) is 13.0 Å². The van der Waals surface area contributed by atoms with Gasteiger partial charge in [-0.3, -0.25) is 0 Å². The van der Waals surface area contributed by atoms with Crippen LogP contribution in [-0.2, 0) is 12.8 Å². The second kappa shape index (κ2) is 5.08. The molecule has 0 fully saturated rings. The molecule has 0 bridgehead atoms. The third kappa shape index (κ3) is 2.63. The predicted octanol–water partition coefficient (Wildman–Crippen LogP) is 3.31. The van der Waals surface area contributed by atoms with Gasteiger partial charge in [0.05, 0.1) is 0 Å². The fourth-order valence-corrected chi connectivity index (χ4v) is 2.87. The molecule has 1 aliphatic carbocycles. The summed E-state index contributed by atoms with van der Waals surface area (Å²) >= 11 is 3.45. The molecule has 1 aliphatic rings. The van der Waals surface area contributed by atoms with Crippen molar-refractivity contribution in [3.05, 3.63) is 33.8 Å². The Bertz CT molecular complexity index is 433. The molecule has 1 atom stereocenters. The minimum atomic E-state index is -0.802. The molecule has 0 spiro atoms. The van der Waals surface area contributed by atoms with Crippen molar-refractivity contribution in [2.24, 2.45) is 0 Å². The summed E-state index contributed by atoms with van der Waals surface area (Å²) in [5.41, 5.74) is 2.55. The molecule has 0 aromatic heterocycles. The van der Waals surface area contributed by atoms with Crippen molar-refractivity contribution in [1.82, 2.24) is 4.90 Å². The lowest BCUT2D eigenvalue weighted by atomic mass is 10.1. The molecular weight excluding hydrogens is 282 g/mol. The summed E-state index contributed by atoms with van der Waals surface area (Å²) in [6, 6.07) is 6.32. The highest BCUT2D eigenvalue weighted by Gasteiger charge is 2.29. The predicted molar refractivity (Wildman–Crippen MR) is 70.4 cm³/mol. The Morgan fingerprint density at radius 2 is 2.18 bits per heavy atom. The summed E-state index contributed by atoms with van der Waals surface area (Å²) in [6.45, 7) is 2.63. The molecule has 1 aromatic rings. The van der Waals surface area contributed by atoms with E-state index in [2.05, 4.69) is 28.1 Å². The quantitative estimate of drug-likeness (QED) is 0.930. The van der Waals surface area contributed by atoms with Crippen molar-refractivity contribution in [2.45, 2.75) is 32.2 Å². The summed E-state index contributed by atoms with van der Waals surface area (Å²) in [5, 5.41) is 9.22. The zero-order valence-corrected chi connectivity index (χ0v) is 11.4. The van der Waals surface area contributed by atoms with Crippen LogP contribution >= 0.6 is 15.9 Å². The fourth-order valence-electron chi connectivity index (χ4n) is 2.46. The van der Waals surface area contributed by atoms with Crippen LogP contribution in [0.3, 0.4) is 0 Å². The van der Waals surface area contributed by atoms with E-state index in [4.69, 9.17) is 0 Å². The second-order valence-corrected chi connectivity index (χ2v) is 5.37. The van der Waals surface area contributed by atoms with Gasteiger partial charge < -0.3 is 10.0 Å². The number of nitrogens with zero attached hydrogens (tertiary/aromatic N) is 1. The van der Waals surface area contributed by atoms with Gasteiger partial charge in [-0.05, 0) is 42.5 Å². The average Bonchev–Trinajstić information content (AvgIpc) is 2.67. The molecular formula is C13H16BrNO2. The highest BCUT2D eigenvalue weighted by molar-refractivity contribution is 9.10. The van der Waals surface area contributed by atoms with Gasteiger partial charge in [0.25, 0.3) is 0 Å². The maximum absolute atomic E-state index is 11.2. The van der Waals surface area contributed by atoms with Crippen LogP contribution in [0, 0.1) is 0 Å². The van der Waals surface area contributed by atoms with Crippen molar-refractivity contribution in [1.29, 1.82) is 0 Å². The van der Waals surface area contributed by atoms with Gasteiger partial charge in [-0.1, -0.05) is 28.9 Å². The Kier molecular flexibility index (Phi) is 3.72. The number of halogens is 1. The number of rotatable bonds is 3. The number of amides is 1. The lowest BCUT2D eigenvalue weighted by Gasteiger charge is -2.25. The molecule has 1 N–H and O–H groups in total. The Balaban J connectivity index is 2.15. The normalized spacial score (nSPS) is 17.9. The summed E-state index contributed by atoms with van der Waals surface area (Å²) in [7, 11) is 0. The Labute approximate surface area is 110 Å². The molecule has 0 heterocycles. The van der Waals surface area contributed by atoms with E-state index in [-0.39, 0.29) is 6.04 Å². The number of benzene rings is 1. The first kappa shape index (κ1) is 12.4. The maximum atomic E-state index is 11.2. The van der Waals surface area contributed by atoms with Crippen molar-refractivity contribution < 1.29 is 9.90 Å². The van der Waals surface area contributed by atoms with Gasteiger partial charge in [-0.2, -0.15) is 0 Å². The number of carboxylic acid groups (broad SMARTS) is 1. The topological polar surface area (TPSA) is 40.5 Å². The van der Waals surface area contributed by atoms with Crippen LogP contribution in [0.2, 0.25) is 0 Å². The van der Waals surface area contributed by atoms with Crippen LogP contribution < -0.4 is 0 Å². The van der Waals surface area contributed by atoms with Crippen molar-refractivity contribution >= 4 is 22.0 Å². The molecule has 1 amide bonds. The SMILES string of the molecule is CCCN(C(=O)O)[C@H]1Cc2ccc(Br)cc2C1. The van der Waals surface area contributed by atoms with Crippen LogP contribution in [0.5, 0.6) is 0 Å². The highest BCUT2D eigenvalue weighted by Crippen LogP contribution is 2.28. The molecule has 3 nitrogen and oxygen atoms in total. The molecule has 2 rings (SSSR count). The first-order valence-corrected chi connectivity index (χ1v) is 6.68. The van der Waals surface area contributed by atoms with E-state index >= 15 is 0 Å². The van der Waals surface area contributed by atoms with Gasteiger partial charge in [0.2, 0.25) is 0 Å². The first-order valence-electron chi connectivity index (χ1n) is 5.88. The van der Waals surface area contributed by atoms with Gasteiger partial charge in [-0.15, -0.1) is 0 Å². The third-order valence-electron chi connectivity index (χ3n) is 3.23. The zero-order chi connectivity index (χ0) is 12.4. The molecule has 4 heteroatoms. The lowest BCUT2D eigenvalue weighted by molar-refractivity contribution is 0.126. The van der Waals surface area contributed by atoms with Gasteiger partial charge in [0.1, 0.15) is 0 Å². The number of fused-ring (bicyclic) bond motifs is 1. The van der Waals surface area contributed by atoms with Crippen molar-refractivity contribution in [3.8, 4) is 0 Å². The van der Waals surface area contributed by atoms with Gasteiger partial charge >= 0.3 is 6.09 Å². The molecule has 0 radical (unpaired) electrons. The second-order valence-electron chi connectivity index (χ2n) is 4.45. The largest absolute Gasteiger partial charge is 0.465 e. The van der Waals surface area contributed by atoms with E-state index in [0.717, 1.165) is 23.7 Å². The van der Waals surface area contributed by atoms with E-state index in [1.165, 1.54) is 11.1 Å². The van der Waals surface area contributed by atoms with Gasteiger partial charge in [0.15, 0.2) is 0 Å². The fraction of sp³-hybridized carbons (Fsp3) is 0.462. The monoisotopic (exact) mass is 297 g/mol. The Hall–Kier alpha value is -1.03. The van der Waals surface area contributed by atoms with E-state index in [9.17, 15) is 9.90 Å². The average molecular weight is 298 g/mol. The molecule has 17 heavy (non-hydrogen) atoms. The molecule has 0 saturated carbocycles. The van der Waals surface area contributed by atoms with E-state index in [1.54, 1.807) is 4.90 Å². The minimum absolute atomic E-state index is 0.108. The third-order valence-corrected chi connectivity index (χ3v) is 3.72. The van der Waals surface area contributed by atoms with Crippen LogP contribution in [-0.4, -0.2) is 28.7 Å². The zero-order valence-electron chi connectivity index (χ0n) is 9.82. The van der Waals surface area contributed by atoms with E-state index in [0.29, 0.717) is 6.54 Å². The summed E-state index contributed by atoms with van der Waals surface area (Å²) < 4.78 is 1.06.